The number of carbonyl (C=O) groups is 2. The molecule has 0 spiro atoms. The summed E-state index contributed by atoms with van der Waals surface area (Å²) in [4.78, 5) is 30.2. The third-order valence-corrected chi connectivity index (χ3v) is 4.91. The number of amides is 1. The Morgan fingerprint density at radius 2 is 1.77 bits per heavy atom. The van der Waals surface area contributed by atoms with Crippen molar-refractivity contribution in [2.75, 3.05) is 18.2 Å². The van der Waals surface area contributed by atoms with Crippen molar-refractivity contribution in [1.82, 2.24) is 4.98 Å². The van der Waals surface area contributed by atoms with Gasteiger partial charge in [-0.15, -0.1) is 11.8 Å². The highest BCUT2D eigenvalue weighted by molar-refractivity contribution is 7.98. The first kappa shape index (κ1) is 21.4. The third kappa shape index (κ3) is 5.18. The summed E-state index contributed by atoms with van der Waals surface area (Å²) >= 11 is 1.34. The van der Waals surface area contributed by atoms with Gasteiger partial charge in [0, 0.05) is 11.8 Å². The van der Waals surface area contributed by atoms with Gasteiger partial charge in [0.1, 0.15) is 10.8 Å². The molecule has 0 saturated heterocycles. The van der Waals surface area contributed by atoms with Crippen molar-refractivity contribution in [3.63, 3.8) is 0 Å². The average Bonchev–Trinajstić information content (AvgIpc) is 2.79. The molecule has 7 heteroatoms. The van der Waals surface area contributed by atoms with Gasteiger partial charge in [-0.25, -0.2) is 9.78 Å². The zero-order valence-electron chi connectivity index (χ0n) is 16.7. The van der Waals surface area contributed by atoms with Crippen molar-refractivity contribution in [3.8, 4) is 5.75 Å². The predicted molar refractivity (Wildman–Crippen MR) is 117 cm³/mol. The second kappa shape index (κ2) is 10.5. The van der Waals surface area contributed by atoms with E-state index in [9.17, 15) is 9.59 Å². The smallest absolute Gasteiger partial charge is 0.342 e. The van der Waals surface area contributed by atoms with Crippen LogP contribution >= 0.6 is 11.8 Å². The number of pyridine rings is 1. The number of nitrogens with zero attached hydrogens (tertiary/aromatic N) is 1. The summed E-state index contributed by atoms with van der Waals surface area (Å²) in [6, 6.07) is 19.3. The molecule has 1 unspecified atom stereocenters. The number of carbonyl (C=O) groups excluding carboxylic acids is 2. The van der Waals surface area contributed by atoms with Crippen molar-refractivity contribution < 1.29 is 19.1 Å². The number of thioether (sulfide) groups is 1. The van der Waals surface area contributed by atoms with Crippen LogP contribution in [0.1, 0.15) is 28.9 Å². The van der Waals surface area contributed by atoms with Gasteiger partial charge in [-0.3, -0.25) is 4.79 Å². The van der Waals surface area contributed by atoms with Gasteiger partial charge in [0.25, 0.3) is 5.91 Å². The highest BCUT2D eigenvalue weighted by Gasteiger charge is 2.27. The maximum atomic E-state index is 13.1. The summed E-state index contributed by atoms with van der Waals surface area (Å²) < 4.78 is 11.2. The zero-order chi connectivity index (χ0) is 21.3. The van der Waals surface area contributed by atoms with Crippen LogP contribution in [0.5, 0.6) is 5.75 Å². The highest BCUT2D eigenvalue weighted by atomic mass is 32.2. The summed E-state index contributed by atoms with van der Waals surface area (Å²) in [5.41, 5.74) is 1.38. The molecule has 0 aliphatic rings. The van der Waals surface area contributed by atoms with Crippen molar-refractivity contribution in [3.05, 3.63) is 84.1 Å². The number of ether oxygens (including phenoxy) is 2. The molecule has 1 amide bonds. The fraction of sp³-hybridized carbons (Fsp3) is 0.174. The largest absolute Gasteiger partial charge is 0.492 e. The molecule has 30 heavy (non-hydrogen) atoms. The van der Waals surface area contributed by atoms with Crippen LogP contribution in [0, 0.1) is 0 Å². The molecule has 0 radical (unpaired) electrons. The summed E-state index contributed by atoms with van der Waals surface area (Å²) in [6.07, 6.45) is 2.29. The van der Waals surface area contributed by atoms with Gasteiger partial charge in [0.2, 0.25) is 6.10 Å². The molecule has 154 valence electrons. The molecule has 1 aromatic heterocycles. The highest BCUT2D eigenvalue weighted by Crippen LogP contribution is 2.28. The molecule has 6 nitrogen and oxygen atoms in total. The molecule has 0 fully saturated rings. The normalized spacial score (nSPS) is 11.4. The Kier molecular flexibility index (Phi) is 7.45. The molecular formula is C23H22N2O4S. The molecule has 1 heterocycles. The number of hydrogen-bond acceptors (Lipinski definition) is 6. The van der Waals surface area contributed by atoms with Crippen LogP contribution in [0.4, 0.5) is 5.69 Å². The van der Waals surface area contributed by atoms with E-state index in [0.29, 0.717) is 34.2 Å². The fourth-order valence-corrected chi connectivity index (χ4v) is 3.37. The van der Waals surface area contributed by atoms with Crippen LogP contribution in [0.2, 0.25) is 0 Å². The predicted octanol–water partition coefficient (Wildman–Crippen LogP) is 4.74. The number of anilines is 1. The van der Waals surface area contributed by atoms with Crippen LogP contribution in [-0.2, 0) is 9.53 Å². The van der Waals surface area contributed by atoms with Crippen molar-refractivity contribution in [2.45, 2.75) is 18.1 Å². The SMILES string of the molecule is CCOc1ccccc1NC(=O)C(OC(=O)c1cccnc1SC)c1ccccc1. The van der Waals surface area contributed by atoms with E-state index in [0.717, 1.165) is 0 Å². The van der Waals surface area contributed by atoms with Crippen molar-refractivity contribution >= 4 is 29.3 Å². The molecule has 3 aromatic rings. The average molecular weight is 423 g/mol. The minimum absolute atomic E-state index is 0.313. The number of aromatic nitrogens is 1. The lowest BCUT2D eigenvalue weighted by atomic mass is 10.1. The lowest BCUT2D eigenvalue weighted by Crippen LogP contribution is -2.26. The molecule has 0 saturated carbocycles. The van der Waals surface area contributed by atoms with Gasteiger partial charge >= 0.3 is 5.97 Å². The lowest BCUT2D eigenvalue weighted by molar-refractivity contribution is -0.125. The van der Waals surface area contributed by atoms with Crippen LogP contribution in [0.3, 0.4) is 0 Å². The maximum absolute atomic E-state index is 13.1. The van der Waals surface area contributed by atoms with Crippen LogP contribution in [0.25, 0.3) is 0 Å². The van der Waals surface area contributed by atoms with Crippen molar-refractivity contribution in [2.24, 2.45) is 0 Å². The first-order valence-corrected chi connectivity index (χ1v) is 10.6. The number of nitrogens with one attached hydrogen (secondary N) is 1. The van der Waals surface area contributed by atoms with Crippen LogP contribution < -0.4 is 10.1 Å². The molecule has 3 rings (SSSR count). The number of rotatable bonds is 8. The van der Waals surface area contributed by atoms with E-state index in [-0.39, 0.29) is 0 Å². The molecular weight excluding hydrogens is 400 g/mol. The molecule has 2 aromatic carbocycles. The summed E-state index contributed by atoms with van der Waals surface area (Å²) in [7, 11) is 0. The van der Waals surface area contributed by atoms with Gasteiger partial charge in [0.15, 0.2) is 0 Å². The van der Waals surface area contributed by atoms with E-state index in [1.165, 1.54) is 11.8 Å². The molecule has 0 aliphatic carbocycles. The fourth-order valence-electron chi connectivity index (χ4n) is 2.83. The number of para-hydroxylation sites is 2. The van der Waals surface area contributed by atoms with Crippen LogP contribution in [-0.4, -0.2) is 29.7 Å². The van der Waals surface area contributed by atoms with E-state index < -0.39 is 18.0 Å². The summed E-state index contributed by atoms with van der Waals surface area (Å²) in [5.74, 6) is -0.547. The quantitative estimate of drug-likeness (QED) is 0.417. The first-order valence-electron chi connectivity index (χ1n) is 9.41. The van der Waals surface area contributed by atoms with E-state index in [4.69, 9.17) is 9.47 Å². The third-order valence-electron chi connectivity index (χ3n) is 4.19. The summed E-state index contributed by atoms with van der Waals surface area (Å²) in [5, 5.41) is 3.36. The lowest BCUT2D eigenvalue weighted by Gasteiger charge is -2.19. The standard InChI is InChI=1S/C23H22N2O4S/c1-3-28-19-14-8-7-13-18(19)25-21(26)20(16-10-5-4-6-11-16)29-23(27)17-12-9-15-24-22(17)30-2/h4-15,20H,3H2,1-2H3,(H,25,26). The zero-order valence-corrected chi connectivity index (χ0v) is 17.5. The minimum atomic E-state index is -1.14. The van der Waals surface area contributed by atoms with E-state index in [2.05, 4.69) is 10.3 Å². The Morgan fingerprint density at radius 3 is 2.50 bits per heavy atom. The first-order chi connectivity index (χ1) is 14.6. The summed E-state index contributed by atoms with van der Waals surface area (Å²) in [6.45, 7) is 2.33. The van der Waals surface area contributed by atoms with E-state index in [1.807, 2.05) is 25.3 Å². The Hall–Kier alpha value is -3.32. The van der Waals surface area contributed by atoms with Crippen LogP contribution in [0.15, 0.2) is 78.0 Å². The monoisotopic (exact) mass is 422 g/mol. The van der Waals surface area contributed by atoms with Gasteiger partial charge in [0.05, 0.1) is 17.9 Å². The van der Waals surface area contributed by atoms with Crippen molar-refractivity contribution in [1.29, 1.82) is 0 Å². The van der Waals surface area contributed by atoms with E-state index >= 15 is 0 Å². The topological polar surface area (TPSA) is 77.5 Å². The van der Waals surface area contributed by atoms with Gasteiger partial charge in [-0.2, -0.15) is 0 Å². The Balaban J connectivity index is 1.88. The number of benzene rings is 2. The Morgan fingerprint density at radius 1 is 1.03 bits per heavy atom. The number of hydrogen-bond donors (Lipinski definition) is 1. The van der Waals surface area contributed by atoms with Gasteiger partial charge < -0.3 is 14.8 Å². The van der Waals surface area contributed by atoms with Gasteiger partial charge in [-0.05, 0) is 37.4 Å². The second-order valence-corrected chi connectivity index (χ2v) is 6.97. The molecule has 0 bridgehead atoms. The molecule has 1 N–H and O–H groups in total. The Bertz CT molecular complexity index is 1010. The number of esters is 1. The maximum Gasteiger partial charge on any atom is 0.342 e. The second-order valence-electron chi connectivity index (χ2n) is 6.17. The Labute approximate surface area is 179 Å². The van der Waals surface area contributed by atoms with Gasteiger partial charge in [-0.1, -0.05) is 42.5 Å². The minimum Gasteiger partial charge on any atom is -0.492 e. The molecule has 0 aliphatic heterocycles. The molecule has 1 atom stereocenters. The van der Waals surface area contributed by atoms with E-state index in [1.54, 1.807) is 60.8 Å².